The van der Waals surface area contributed by atoms with Gasteiger partial charge in [-0.15, -0.1) is 5.10 Å². The standard InChI is InChI=1S/C13H22N4O/c1-2-3-12-14-15-13(18-12)17-8-6-16(7-9-17)10-11-4-5-11/h11H,2-10H2,1H3. The van der Waals surface area contributed by atoms with E-state index in [2.05, 4.69) is 26.9 Å². The largest absolute Gasteiger partial charge is 0.408 e. The lowest BCUT2D eigenvalue weighted by Crippen LogP contribution is -2.47. The molecule has 1 saturated carbocycles. The Hall–Kier alpha value is -1.10. The van der Waals surface area contributed by atoms with Crippen molar-refractivity contribution < 1.29 is 4.42 Å². The van der Waals surface area contributed by atoms with Gasteiger partial charge in [0.25, 0.3) is 0 Å². The second-order valence-electron chi connectivity index (χ2n) is 5.46. The SMILES string of the molecule is CCCc1nnc(N2CCN(CC3CC3)CC2)o1. The van der Waals surface area contributed by atoms with E-state index >= 15 is 0 Å². The van der Waals surface area contributed by atoms with Gasteiger partial charge in [-0.2, -0.15) is 0 Å². The number of hydrogen-bond donors (Lipinski definition) is 0. The van der Waals surface area contributed by atoms with E-state index in [4.69, 9.17) is 4.42 Å². The van der Waals surface area contributed by atoms with E-state index in [-0.39, 0.29) is 0 Å². The number of hydrogen-bond acceptors (Lipinski definition) is 5. The lowest BCUT2D eigenvalue weighted by atomic mass is 10.3. The maximum Gasteiger partial charge on any atom is 0.318 e. The average Bonchev–Trinajstić information content (AvgIpc) is 3.07. The van der Waals surface area contributed by atoms with Crippen LogP contribution in [-0.4, -0.2) is 47.8 Å². The normalized spacial score (nSPS) is 21.5. The van der Waals surface area contributed by atoms with Crippen LogP contribution in [0.1, 0.15) is 32.1 Å². The molecule has 0 bridgehead atoms. The van der Waals surface area contributed by atoms with Crippen molar-refractivity contribution in [3.05, 3.63) is 5.89 Å². The Kier molecular flexibility index (Phi) is 3.50. The Morgan fingerprint density at radius 3 is 2.61 bits per heavy atom. The molecular weight excluding hydrogens is 228 g/mol. The van der Waals surface area contributed by atoms with Gasteiger partial charge >= 0.3 is 6.01 Å². The number of aryl methyl sites for hydroxylation is 1. The highest BCUT2D eigenvalue weighted by molar-refractivity contribution is 5.25. The fourth-order valence-electron chi connectivity index (χ4n) is 2.47. The molecule has 0 amide bonds. The van der Waals surface area contributed by atoms with Gasteiger partial charge in [-0.3, -0.25) is 4.90 Å². The van der Waals surface area contributed by atoms with Crippen molar-refractivity contribution in [2.45, 2.75) is 32.6 Å². The molecule has 0 atom stereocenters. The zero-order chi connectivity index (χ0) is 12.4. The van der Waals surface area contributed by atoms with Crippen molar-refractivity contribution in [2.24, 2.45) is 5.92 Å². The van der Waals surface area contributed by atoms with Crippen molar-refractivity contribution >= 4 is 6.01 Å². The molecule has 100 valence electrons. The van der Waals surface area contributed by atoms with Crippen LogP contribution in [-0.2, 0) is 6.42 Å². The fourth-order valence-corrected chi connectivity index (χ4v) is 2.47. The van der Waals surface area contributed by atoms with E-state index in [1.807, 2.05) is 0 Å². The van der Waals surface area contributed by atoms with Gasteiger partial charge in [0.15, 0.2) is 0 Å². The number of rotatable bonds is 5. The van der Waals surface area contributed by atoms with E-state index in [1.165, 1.54) is 19.4 Å². The topological polar surface area (TPSA) is 45.4 Å². The number of aromatic nitrogens is 2. The Balaban J connectivity index is 1.51. The predicted molar refractivity (Wildman–Crippen MR) is 69.7 cm³/mol. The Labute approximate surface area is 108 Å². The molecule has 2 aliphatic rings. The van der Waals surface area contributed by atoms with Gasteiger partial charge in [0.1, 0.15) is 0 Å². The molecule has 1 aliphatic carbocycles. The molecule has 1 aliphatic heterocycles. The molecular formula is C13H22N4O. The van der Waals surface area contributed by atoms with Crippen molar-refractivity contribution in [1.29, 1.82) is 0 Å². The quantitative estimate of drug-likeness (QED) is 0.793. The second kappa shape index (κ2) is 5.26. The minimum atomic E-state index is 0.713. The van der Waals surface area contributed by atoms with Gasteiger partial charge in [-0.05, 0) is 25.2 Å². The van der Waals surface area contributed by atoms with Gasteiger partial charge in [-0.25, -0.2) is 0 Å². The lowest BCUT2D eigenvalue weighted by molar-refractivity contribution is 0.243. The molecule has 0 unspecified atom stereocenters. The number of anilines is 1. The molecule has 0 N–H and O–H groups in total. The summed E-state index contributed by atoms with van der Waals surface area (Å²) in [5, 5.41) is 8.23. The van der Waals surface area contributed by atoms with Crippen molar-refractivity contribution in [1.82, 2.24) is 15.1 Å². The maximum absolute atomic E-state index is 5.68. The monoisotopic (exact) mass is 250 g/mol. The minimum Gasteiger partial charge on any atom is -0.408 e. The summed E-state index contributed by atoms with van der Waals surface area (Å²) in [6, 6.07) is 0.713. The second-order valence-corrected chi connectivity index (χ2v) is 5.46. The van der Waals surface area contributed by atoms with Gasteiger partial charge < -0.3 is 9.32 Å². The zero-order valence-corrected chi connectivity index (χ0v) is 11.1. The third-order valence-electron chi connectivity index (χ3n) is 3.78. The molecule has 5 nitrogen and oxygen atoms in total. The first kappa shape index (κ1) is 12.0. The Bertz CT molecular complexity index is 380. The minimum absolute atomic E-state index is 0.713. The summed E-state index contributed by atoms with van der Waals surface area (Å²) in [5.41, 5.74) is 0. The lowest BCUT2D eigenvalue weighted by Gasteiger charge is -2.33. The molecule has 1 aromatic heterocycles. The molecule has 1 aromatic rings. The summed E-state index contributed by atoms with van der Waals surface area (Å²) in [7, 11) is 0. The molecule has 18 heavy (non-hydrogen) atoms. The van der Waals surface area contributed by atoms with Crippen LogP contribution in [0, 0.1) is 5.92 Å². The van der Waals surface area contributed by atoms with E-state index < -0.39 is 0 Å². The highest BCUT2D eigenvalue weighted by Crippen LogP contribution is 2.30. The number of piperazine rings is 1. The molecule has 2 heterocycles. The summed E-state index contributed by atoms with van der Waals surface area (Å²) in [5.74, 6) is 1.75. The summed E-state index contributed by atoms with van der Waals surface area (Å²) >= 11 is 0. The average molecular weight is 250 g/mol. The van der Waals surface area contributed by atoms with Crippen molar-refractivity contribution in [3.63, 3.8) is 0 Å². The van der Waals surface area contributed by atoms with Crippen LogP contribution in [0.3, 0.4) is 0 Å². The van der Waals surface area contributed by atoms with Gasteiger partial charge in [0.2, 0.25) is 5.89 Å². The predicted octanol–water partition coefficient (Wildman–Crippen LogP) is 1.55. The van der Waals surface area contributed by atoms with Crippen LogP contribution in [0.2, 0.25) is 0 Å². The third-order valence-corrected chi connectivity index (χ3v) is 3.78. The van der Waals surface area contributed by atoms with Crippen LogP contribution in [0.25, 0.3) is 0 Å². The molecule has 2 fully saturated rings. The van der Waals surface area contributed by atoms with Crippen molar-refractivity contribution in [2.75, 3.05) is 37.6 Å². The summed E-state index contributed by atoms with van der Waals surface area (Å²) in [6.07, 6.45) is 4.81. The molecule has 0 spiro atoms. The highest BCUT2D eigenvalue weighted by atomic mass is 16.4. The summed E-state index contributed by atoms with van der Waals surface area (Å²) < 4.78 is 5.68. The van der Waals surface area contributed by atoms with Crippen LogP contribution in [0.4, 0.5) is 6.01 Å². The molecule has 1 saturated heterocycles. The van der Waals surface area contributed by atoms with Crippen LogP contribution in [0.15, 0.2) is 4.42 Å². The van der Waals surface area contributed by atoms with Gasteiger partial charge in [0.05, 0.1) is 0 Å². The van der Waals surface area contributed by atoms with Crippen LogP contribution in [0.5, 0.6) is 0 Å². The van der Waals surface area contributed by atoms with Gasteiger partial charge in [-0.1, -0.05) is 12.0 Å². The molecule has 0 radical (unpaired) electrons. The Morgan fingerprint density at radius 1 is 1.17 bits per heavy atom. The third kappa shape index (κ3) is 2.83. The van der Waals surface area contributed by atoms with Gasteiger partial charge in [0, 0.05) is 39.1 Å². The van der Waals surface area contributed by atoms with Crippen LogP contribution >= 0.6 is 0 Å². The smallest absolute Gasteiger partial charge is 0.318 e. The summed E-state index contributed by atoms with van der Waals surface area (Å²) in [4.78, 5) is 4.78. The molecule has 3 rings (SSSR count). The first-order chi connectivity index (χ1) is 8.85. The maximum atomic E-state index is 5.68. The van der Waals surface area contributed by atoms with Crippen LogP contribution < -0.4 is 4.90 Å². The van der Waals surface area contributed by atoms with E-state index in [0.717, 1.165) is 50.8 Å². The zero-order valence-electron chi connectivity index (χ0n) is 11.1. The first-order valence-electron chi connectivity index (χ1n) is 7.15. The summed E-state index contributed by atoms with van der Waals surface area (Å²) in [6.45, 7) is 7.70. The molecule has 5 heteroatoms. The van der Waals surface area contributed by atoms with Crippen molar-refractivity contribution in [3.8, 4) is 0 Å². The fraction of sp³-hybridized carbons (Fsp3) is 0.846. The Morgan fingerprint density at radius 2 is 1.94 bits per heavy atom. The first-order valence-corrected chi connectivity index (χ1v) is 7.15. The van der Waals surface area contributed by atoms with E-state index in [0.29, 0.717) is 6.01 Å². The van der Waals surface area contributed by atoms with E-state index in [1.54, 1.807) is 0 Å². The van der Waals surface area contributed by atoms with E-state index in [9.17, 15) is 0 Å². The molecule has 0 aromatic carbocycles. The number of nitrogens with zero attached hydrogens (tertiary/aromatic N) is 4. The highest BCUT2D eigenvalue weighted by Gasteiger charge is 2.27.